The number of amides is 1. The lowest BCUT2D eigenvalue weighted by atomic mass is 10.1. The molecule has 144 valence electrons. The van der Waals surface area contributed by atoms with Crippen LogP contribution in [0.25, 0.3) is 6.08 Å². The minimum atomic E-state index is -4.65. The summed E-state index contributed by atoms with van der Waals surface area (Å²) in [7, 11) is 0. The number of nitrogens with zero attached hydrogens (tertiary/aromatic N) is 1. The Morgan fingerprint density at radius 1 is 1.14 bits per heavy atom. The molecule has 0 heterocycles. The summed E-state index contributed by atoms with van der Waals surface area (Å²) in [4.78, 5) is 24.3. The summed E-state index contributed by atoms with van der Waals surface area (Å²) in [5, 5.41) is 10.6. The van der Waals surface area contributed by atoms with Gasteiger partial charge >= 0.3 is 6.18 Å². The maximum atomic E-state index is 13.1. The number of ether oxygens (including phenoxy) is 1. The fourth-order valence-electron chi connectivity index (χ4n) is 2.30. The zero-order chi connectivity index (χ0) is 20.7. The number of Topliss-reactive ketones (excluding diaryl/α,β-unsaturated/α-hetero) is 1. The molecule has 1 amide bonds. The van der Waals surface area contributed by atoms with Crippen LogP contribution in [0.4, 0.5) is 18.9 Å². The smallest absolute Gasteiger partial charge is 0.418 e. The SMILES string of the molecule is CC(=O)/C(=C\c1ccc(OCC#N)cc1)C(=O)Nc1ccccc1C(F)(F)F. The first-order valence-corrected chi connectivity index (χ1v) is 8.02. The Hall–Kier alpha value is -3.60. The van der Waals surface area contributed by atoms with E-state index in [1.807, 2.05) is 6.07 Å². The highest BCUT2D eigenvalue weighted by Gasteiger charge is 2.33. The topological polar surface area (TPSA) is 79.2 Å². The summed E-state index contributed by atoms with van der Waals surface area (Å²) < 4.78 is 44.3. The van der Waals surface area contributed by atoms with Crippen molar-refractivity contribution in [2.75, 3.05) is 11.9 Å². The standard InChI is InChI=1S/C20H15F3N2O3/c1-13(26)16(12-14-6-8-15(9-7-14)28-11-10-24)19(27)25-18-5-3-2-4-17(18)20(21,22)23/h2-9,12H,11H2,1H3,(H,25,27)/b16-12+. The zero-order valence-electron chi connectivity index (χ0n) is 14.7. The van der Waals surface area contributed by atoms with Crippen molar-refractivity contribution in [2.45, 2.75) is 13.1 Å². The maximum Gasteiger partial charge on any atom is 0.418 e. The van der Waals surface area contributed by atoms with Crippen LogP contribution in [0, 0.1) is 11.3 Å². The van der Waals surface area contributed by atoms with E-state index in [4.69, 9.17) is 10.00 Å². The number of carbonyl (C=O) groups excluding carboxylic acids is 2. The molecule has 2 rings (SSSR count). The van der Waals surface area contributed by atoms with Gasteiger partial charge in [0.2, 0.25) is 0 Å². The van der Waals surface area contributed by atoms with E-state index < -0.39 is 29.1 Å². The number of halogens is 3. The number of para-hydroxylation sites is 1. The van der Waals surface area contributed by atoms with E-state index in [0.717, 1.165) is 19.1 Å². The maximum absolute atomic E-state index is 13.1. The highest BCUT2D eigenvalue weighted by Crippen LogP contribution is 2.34. The first-order chi connectivity index (χ1) is 13.2. The molecule has 0 saturated carbocycles. The van der Waals surface area contributed by atoms with Gasteiger partial charge in [-0.05, 0) is 42.8 Å². The Labute approximate surface area is 159 Å². The zero-order valence-corrected chi connectivity index (χ0v) is 14.7. The van der Waals surface area contributed by atoms with Gasteiger partial charge in [-0.25, -0.2) is 0 Å². The van der Waals surface area contributed by atoms with Gasteiger partial charge in [-0.15, -0.1) is 0 Å². The van der Waals surface area contributed by atoms with Gasteiger partial charge in [-0.3, -0.25) is 9.59 Å². The lowest BCUT2D eigenvalue weighted by Crippen LogP contribution is -2.21. The number of rotatable bonds is 6. The molecular formula is C20H15F3N2O3. The minimum Gasteiger partial charge on any atom is -0.479 e. The van der Waals surface area contributed by atoms with Crippen molar-refractivity contribution >= 4 is 23.5 Å². The van der Waals surface area contributed by atoms with Crippen molar-refractivity contribution in [1.29, 1.82) is 5.26 Å². The molecule has 2 aromatic rings. The predicted molar refractivity (Wildman–Crippen MR) is 96.3 cm³/mol. The first-order valence-electron chi connectivity index (χ1n) is 8.02. The predicted octanol–water partition coefficient (Wildman–Crippen LogP) is 4.22. The van der Waals surface area contributed by atoms with Gasteiger partial charge in [-0.1, -0.05) is 24.3 Å². The third-order valence-corrected chi connectivity index (χ3v) is 3.60. The average Bonchev–Trinajstić information content (AvgIpc) is 2.64. The lowest BCUT2D eigenvalue weighted by molar-refractivity contribution is -0.137. The number of anilines is 1. The molecule has 28 heavy (non-hydrogen) atoms. The van der Waals surface area contributed by atoms with Gasteiger partial charge < -0.3 is 10.1 Å². The summed E-state index contributed by atoms with van der Waals surface area (Å²) >= 11 is 0. The molecular weight excluding hydrogens is 373 g/mol. The van der Waals surface area contributed by atoms with Crippen LogP contribution in [0.3, 0.4) is 0 Å². The number of nitrogens with one attached hydrogen (secondary N) is 1. The molecule has 2 aromatic carbocycles. The molecule has 0 radical (unpaired) electrons. The molecule has 5 nitrogen and oxygen atoms in total. The molecule has 0 aliphatic carbocycles. The number of hydrogen-bond donors (Lipinski definition) is 1. The molecule has 0 bridgehead atoms. The van der Waals surface area contributed by atoms with E-state index in [1.165, 1.54) is 30.3 Å². The molecule has 0 fully saturated rings. The Balaban J connectivity index is 2.27. The third-order valence-electron chi connectivity index (χ3n) is 3.60. The van der Waals surface area contributed by atoms with E-state index in [0.29, 0.717) is 11.3 Å². The molecule has 0 aromatic heterocycles. The number of hydrogen-bond acceptors (Lipinski definition) is 4. The van der Waals surface area contributed by atoms with Crippen molar-refractivity contribution in [3.05, 3.63) is 65.2 Å². The monoisotopic (exact) mass is 388 g/mol. The van der Waals surface area contributed by atoms with E-state index in [9.17, 15) is 22.8 Å². The number of alkyl halides is 3. The van der Waals surface area contributed by atoms with Gasteiger partial charge in [-0.2, -0.15) is 18.4 Å². The fraction of sp³-hybridized carbons (Fsp3) is 0.150. The van der Waals surface area contributed by atoms with Crippen LogP contribution in [0.5, 0.6) is 5.75 Å². The summed E-state index contributed by atoms with van der Waals surface area (Å²) in [5.74, 6) is -1.13. The second kappa shape index (κ2) is 8.86. The van der Waals surface area contributed by atoms with Gasteiger partial charge in [0, 0.05) is 0 Å². The normalized spacial score (nSPS) is 11.5. The van der Waals surface area contributed by atoms with Crippen molar-refractivity contribution in [2.24, 2.45) is 0 Å². The van der Waals surface area contributed by atoms with Crippen molar-refractivity contribution in [1.82, 2.24) is 0 Å². The number of nitriles is 1. The van der Waals surface area contributed by atoms with Crippen LogP contribution >= 0.6 is 0 Å². The Kier molecular flexibility index (Phi) is 6.55. The van der Waals surface area contributed by atoms with Crippen LogP contribution < -0.4 is 10.1 Å². The van der Waals surface area contributed by atoms with Crippen molar-refractivity contribution in [3.8, 4) is 11.8 Å². The summed E-state index contributed by atoms with van der Waals surface area (Å²) in [6.07, 6.45) is -3.38. The Bertz CT molecular complexity index is 942. The molecule has 1 N–H and O–H groups in total. The van der Waals surface area contributed by atoms with Gasteiger partial charge in [0.15, 0.2) is 12.4 Å². The van der Waals surface area contributed by atoms with E-state index in [2.05, 4.69) is 5.32 Å². The van der Waals surface area contributed by atoms with Crippen LogP contribution in [0.15, 0.2) is 54.1 Å². The molecule has 0 aliphatic heterocycles. The molecule has 0 atom stereocenters. The van der Waals surface area contributed by atoms with Gasteiger partial charge in [0.05, 0.1) is 16.8 Å². The quantitative estimate of drug-likeness (QED) is 0.457. The Morgan fingerprint density at radius 3 is 2.36 bits per heavy atom. The van der Waals surface area contributed by atoms with Crippen LogP contribution in [0.2, 0.25) is 0 Å². The lowest BCUT2D eigenvalue weighted by Gasteiger charge is -2.14. The van der Waals surface area contributed by atoms with E-state index in [1.54, 1.807) is 12.1 Å². The summed E-state index contributed by atoms with van der Waals surface area (Å²) in [6, 6.07) is 12.5. The third kappa shape index (κ3) is 5.45. The van der Waals surface area contributed by atoms with Crippen LogP contribution in [0.1, 0.15) is 18.1 Å². The van der Waals surface area contributed by atoms with Crippen molar-refractivity contribution < 1.29 is 27.5 Å². The second-order valence-corrected chi connectivity index (χ2v) is 5.63. The molecule has 0 saturated heterocycles. The molecule has 0 spiro atoms. The molecule has 0 unspecified atom stereocenters. The second-order valence-electron chi connectivity index (χ2n) is 5.63. The van der Waals surface area contributed by atoms with Gasteiger partial charge in [0.1, 0.15) is 11.8 Å². The van der Waals surface area contributed by atoms with Crippen LogP contribution in [-0.4, -0.2) is 18.3 Å². The highest BCUT2D eigenvalue weighted by molar-refractivity contribution is 6.25. The fourth-order valence-corrected chi connectivity index (χ4v) is 2.30. The van der Waals surface area contributed by atoms with Gasteiger partial charge in [0.25, 0.3) is 5.91 Å². The largest absolute Gasteiger partial charge is 0.479 e. The number of carbonyl (C=O) groups is 2. The van der Waals surface area contributed by atoms with Crippen molar-refractivity contribution in [3.63, 3.8) is 0 Å². The molecule has 8 heteroatoms. The molecule has 0 aliphatic rings. The Morgan fingerprint density at radius 2 is 1.79 bits per heavy atom. The average molecular weight is 388 g/mol. The van der Waals surface area contributed by atoms with Crippen LogP contribution in [-0.2, 0) is 15.8 Å². The highest BCUT2D eigenvalue weighted by atomic mass is 19.4. The number of ketones is 1. The van der Waals surface area contributed by atoms with E-state index >= 15 is 0 Å². The van der Waals surface area contributed by atoms with E-state index in [-0.39, 0.29) is 12.2 Å². The minimum absolute atomic E-state index is 0.130. The summed E-state index contributed by atoms with van der Waals surface area (Å²) in [5.41, 5.74) is -1.28. The number of benzene rings is 2. The summed E-state index contributed by atoms with van der Waals surface area (Å²) in [6.45, 7) is 1.01. The first kappa shape index (κ1) is 20.7.